The summed E-state index contributed by atoms with van der Waals surface area (Å²) in [5.74, 6) is -0.813. The highest BCUT2D eigenvalue weighted by atomic mass is 32.1. The van der Waals surface area contributed by atoms with E-state index in [9.17, 15) is 14.4 Å². The number of anilines is 1. The fraction of sp³-hybridized carbons (Fsp3) is 0.188. The minimum atomic E-state index is -0.479. The molecule has 0 aliphatic rings. The molecule has 0 aliphatic heterocycles. The van der Waals surface area contributed by atoms with Crippen molar-refractivity contribution in [1.29, 1.82) is 0 Å². The highest BCUT2D eigenvalue weighted by molar-refractivity contribution is 7.09. The van der Waals surface area contributed by atoms with Crippen molar-refractivity contribution in [2.75, 3.05) is 11.9 Å². The van der Waals surface area contributed by atoms with Crippen molar-refractivity contribution in [3.63, 3.8) is 0 Å². The molecule has 1 heterocycles. The summed E-state index contributed by atoms with van der Waals surface area (Å²) in [6.07, 6.45) is 0.0782. The van der Waals surface area contributed by atoms with Crippen molar-refractivity contribution in [2.45, 2.75) is 13.0 Å². The second-order valence-corrected chi connectivity index (χ2v) is 5.97. The Morgan fingerprint density at radius 2 is 1.92 bits per heavy atom. The van der Waals surface area contributed by atoms with Crippen molar-refractivity contribution in [3.8, 4) is 0 Å². The summed E-state index contributed by atoms with van der Waals surface area (Å²) in [5.41, 5.74) is 5.90. The summed E-state index contributed by atoms with van der Waals surface area (Å²) in [5, 5.41) is 9.94. The fourth-order valence-electron chi connectivity index (χ4n) is 1.90. The van der Waals surface area contributed by atoms with E-state index in [1.807, 2.05) is 17.5 Å². The smallest absolute Gasteiger partial charge is 0.319 e. The van der Waals surface area contributed by atoms with Crippen molar-refractivity contribution >= 4 is 34.9 Å². The lowest BCUT2D eigenvalue weighted by Gasteiger charge is -2.09. The number of amides is 4. The first kappa shape index (κ1) is 17.5. The van der Waals surface area contributed by atoms with E-state index in [2.05, 4.69) is 16.0 Å². The van der Waals surface area contributed by atoms with E-state index in [1.165, 1.54) is 0 Å². The van der Waals surface area contributed by atoms with E-state index < -0.39 is 5.91 Å². The largest absolute Gasteiger partial charge is 0.370 e. The summed E-state index contributed by atoms with van der Waals surface area (Å²) in [6, 6.07) is 10.0. The van der Waals surface area contributed by atoms with Crippen LogP contribution < -0.4 is 21.7 Å². The van der Waals surface area contributed by atoms with Gasteiger partial charge in [0.15, 0.2) is 0 Å². The first-order valence-corrected chi connectivity index (χ1v) is 8.16. The van der Waals surface area contributed by atoms with Crippen LogP contribution in [0.4, 0.5) is 10.5 Å². The molecule has 0 bridgehead atoms. The van der Waals surface area contributed by atoms with Crippen LogP contribution in [0.2, 0.25) is 0 Å². The predicted molar refractivity (Wildman–Crippen MR) is 92.8 cm³/mol. The maximum absolute atomic E-state index is 12.0. The predicted octanol–water partition coefficient (Wildman–Crippen LogP) is 1.67. The lowest BCUT2D eigenvalue weighted by molar-refractivity contribution is -0.117. The first-order chi connectivity index (χ1) is 11.5. The molecule has 1 aromatic carbocycles. The maximum Gasteiger partial charge on any atom is 0.319 e. The summed E-state index contributed by atoms with van der Waals surface area (Å²) < 4.78 is 0. The zero-order valence-electron chi connectivity index (χ0n) is 12.9. The lowest BCUT2D eigenvalue weighted by atomic mass is 10.2. The van der Waals surface area contributed by atoms with Crippen molar-refractivity contribution in [3.05, 3.63) is 52.2 Å². The number of carbonyl (C=O) groups is 3. The average molecular weight is 346 g/mol. The van der Waals surface area contributed by atoms with E-state index in [0.717, 1.165) is 4.88 Å². The molecule has 0 saturated carbocycles. The van der Waals surface area contributed by atoms with E-state index in [0.29, 0.717) is 17.8 Å². The van der Waals surface area contributed by atoms with Gasteiger partial charge < -0.3 is 21.7 Å². The molecule has 0 unspecified atom stereocenters. The molecular weight excluding hydrogens is 328 g/mol. The second kappa shape index (κ2) is 8.68. The van der Waals surface area contributed by atoms with E-state index in [4.69, 9.17) is 5.73 Å². The third-order valence-electron chi connectivity index (χ3n) is 3.04. The molecule has 5 N–H and O–H groups in total. The molecule has 7 nitrogen and oxygen atoms in total. The van der Waals surface area contributed by atoms with E-state index >= 15 is 0 Å². The van der Waals surface area contributed by atoms with Gasteiger partial charge in [0.2, 0.25) is 5.91 Å². The molecule has 2 aromatic rings. The van der Waals surface area contributed by atoms with Gasteiger partial charge in [-0.15, -0.1) is 11.3 Å². The number of hydrogen-bond acceptors (Lipinski definition) is 4. The molecule has 24 heavy (non-hydrogen) atoms. The summed E-state index contributed by atoms with van der Waals surface area (Å²) in [7, 11) is 0. The molecule has 126 valence electrons. The normalized spacial score (nSPS) is 10.0. The number of nitrogens with one attached hydrogen (secondary N) is 3. The summed E-state index contributed by atoms with van der Waals surface area (Å²) in [6.45, 7) is 0.615. The Hall–Kier alpha value is -2.87. The Morgan fingerprint density at radius 1 is 1.08 bits per heavy atom. The third-order valence-corrected chi connectivity index (χ3v) is 3.92. The van der Waals surface area contributed by atoms with Crippen LogP contribution in [0, 0.1) is 0 Å². The van der Waals surface area contributed by atoms with Crippen LogP contribution in [-0.2, 0) is 11.3 Å². The Morgan fingerprint density at radius 3 is 2.62 bits per heavy atom. The zero-order valence-corrected chi connectivity index (χ0v) is 13.7. The monoisotopic (exact) mass is 346 g/mol. The molecule has 0 aliphatic carbocycles. The van der Waals surface area contributed by atoms with Gasteiger partial charge in [0.1, 0.15) is 0 Å². The molecule has 0 atom stereocenters. The standard InChI is InChI=1S/C16H18N4O3S/c17-14(21)6-7-18-15(22)11-3-1-4-12(9-11)20-16(23)19-10-13-5-2-8-24-13/h1-5,8-9H,6-7,10H2,(H2,17,21)(H,18,22)(H2,19,20,23). The molecule has 2 rings (SSSR count). The van der Waals surface area contributed by atoms with Gasteiger partial charge >= 0.3 is 6.03 Å². The number of benzene rings is 1. The Kier molecular flexibility index (Phi) is 6.32. The Bertz CT molecular complexity index is 716. The van der Waals surface area contributed by atoms with Crippen molar-refractivity contribution in [1.82, 2.24) is 10.6 Å². The first-order valence-electron chi connectivity index (χ1n) is 7.28. The van der Waals surface area contributed by atoms with Crippen LogP contribution in [0.15, 0.2) is 41.8 Å². The second-order valence-electron chi connectivity index (χ2n) is 4.94. The van der Waals surface area contributed by atoms with Crippen LogP contribution >= 0.6 is 11.3 Å². The highest BCUT2D eigenvalue weighted by Crippen LogP contribution is 2.11. The molecule has 0 spiro atoms. The van der Waals surface area contributed by atoms with Gasteiger partial charge in [-0.25, -0.2) is 4.79 Å². The lowest BCUT2D eigenvalue weighted by Crippen LogP contribution is -2.29. The molecule has 1 aromatic heterocycles. The van der Waals surface area contributed by atoms with Gasteiger partial charge in [-0.3, -0.25) is 9.59 Å². The molecule has 0 fully saturated rings. The third kappa shape index (κ3) is 5.73. The average Bonchev–Trinajstić information content (AvgIpc) is 3.06. The molecule has 8 heteroatoms. The van der Waals surface area contributed by atoms with Gasteiger partial charge in [-0.05, 0) is 29.6 Å². The quantitative estimate of drug-likeness (QED) is 0.611. The fourth-order valence-corrected chi connectivity index (χ4v) is 2.54. The summed E-state index contributed by atoms with van der Waals surface area (Å²) in [4.78, 5) is 35.5. The van der Waals surface area contributed by atoms with Crippen molar-refractivity contribution in [2.24, 2.45) is 5.73 Å². The van der Waals surface area contributed by atoms with Gasteiger partial charge in [0.25, 0.3) is 5.91 Å². The van der Waals surface area contributed by atoms with Gasteiger partial charge in [-0.1, -0.05) is 12.1 Å². The topological polar surface area (TPSA) is 113 Å². The van der Waals surface area contributed by atoms with Gasteiger partial charge in [0, 0.05) is 29.1 Å². The number of urea groups is 1. The van der Waals surface area contributed by atoms with E-state index in [1.54, 1.807) is 35.6 Å². The highest BCUT2D eigenvalue weighted by Gasteiger charge is 2.08. The molecule has 4 amide bonds. The zero-order chi connectivity index (χ0) is 17.4. The number of hydrogen-bond donors (Lipinski definition) is 4. The van der Waals surface area contributed by atoms with Crippen LogP contribution in [0.1, 0.15) is 21.7 Å². The number of rotatable bonds is 7. The van der Waals surface area contributed by atoms with Gasteiger partial charge in [-0.2, -0.15) is 0 Å². The molecular formula is C16H18N4O3S. The number of carbonyl (C=O) groups excluding carboxylic acids is 3. The van der Waals surface area contributed by atoms with Crippen LogP contribution in [0.25, 0.3) is 0 Å². The number of thiophene rings is 1. The number of primary amides is 1. The van der Waals surface area contributed by atoms with Crippen LogP contribution in [0.3, 0.4) is 0 Å². The SMILES string of the molecule is NC(=O)CCNC(=O)c1cccc(NC(=O)NCc2cccs2)c1. The van der Waals surface area contributed by atoms with Gasteiger partial charge in [0.05, 0.1) is 6.54 Å². The Balaban J connectivity index is 1.86. The van der Waals surface area contributed by atoms with Crippen molar-refractivity contribution < 1.29 is 14.4 Å². The van der Waals surface area contributed by atoms with Crippen LogP contribution in [-0.4, -0.2) is 24.4 Å². The summed E-state index contributed by atoms with van der Waals surface area (Å²) >= 11 is 1.56. The Labute approximate surface area is 143 Å². The maximum atomic E-state index is 12.0. The van der Waals surface area contributed by atoms with E-state index in [-0.39, 0.29) is 24.9 Å². The van der Waals surface area contributed by atoms with Crippen LogP contribution in [0.5, 0.6) is 0 Å². The minimum Gasteiger partial charge on any atom is -0.370 e. The minimum absolute atomic E-state index is 0.0782. The number of nitrogens with two attached hydrogens (primary N) is 1. The molecule has 0 saturated heterocycles. The molecule has 0 radical (unpaired) electrons.